The predicted octanol–water partition coefficient (Wildman–Crippen LogP) is 0.589. The highest BCUT2D eigenvalue weighted by Crippen LogP contribution is 2.13. The van der Waals surface area contributed by atoms with Crippen LogP contribution < -0.4 is 5.73 Å². The number of carbonyl (C=O) groups is 2. The summed E-state index contributed by atoms with van der Waals surface area (Å²) in [5.74, 6) is -2.66. The molecule has 1 heterocycles. The van der Waals surface area contributed by atoms with Crippen molar-refractivity contribution in [3.8, 4) is 0 Å². The highest BCUT2D eigenvalue weighted by molar-refractivity contribution is 5.81. The molecule has 100 valence electrons. The maximum Gasteiger partial charge on any atom is 0.490 e. The molecule has 17 heavy (non-hydrogen) atoms. The molecule has 0 unspecified atom stereocenters. The van der Waals surface area contributed by atoms with Gasteiger partial charge in [-0.2, -0.15) is 13.2 Å². The van der Waals surface area contributed by atoms with Crippen LogP contribution in [0.15, 0.2) is 0 Å². The van der Waals surface area contributed by atoms with Crippen molar-refractivity contribution in [2.45, 2.75) is 32.0 Å². The van der Waals surface area contributed by atoms with Gasteiger partial charge in [-0.15, -0.1) is 0 Å². The Morgan fingerprint density at radius 3 is 1.88 bits per heavy atom. The predicted molar refractivity (Wildman–Crippen MR) is 53.2 cm³/mol. The number of nitrogens with zero attached hydrogens (tertiary/aromatic N) is 1. The summed E-state index contributed by atoms with van der Waals surface area (Å²) in [5, 5.41) is 7.12. The number of nitrogens with two attached hydrogens (primary N) is 1. The summed E-state index contributed by atoms with van der Waals surface area (Å²) in [6.45, 7) is 3.54. The van der Waals surface area contributed by atoms with E-state index in [4.69, 9.17) is 15.6 Å². The van der Waals surface area contributed by atoms with Crippen molar-refractivity contribution in [1.29, 1.82) is 0 Å². The van der Waals surface area contributed by atoms with Crippen molar-refractivity contribution in [3.05, 3.63) is 0 Å². The van der Waals surface area contributed by atoms with Gasteiger partial charge in [0.2, 0.25) is 5.91 Å². The van der Waals surface area contributed by atoms with E-state index in [1.807, 2.05) is 4.90 Å². The number of halogens is 3. The largest absolute Gasteiger partial charge is 0.490 e. The summed E-state index contributed by atoms with van der Waals surface area (Å²) < 4.78 is 31.7. The van der Waals surface area contributed by atoms with E-state index in [0.29, 0.717) is 0 Å². The van der Waals surface area contributed by atoms with Gasteiger partial charge in [-0.1, -0.05) is 0 Å². The molecule has 0 radical (unpaired) electrons. The Bertz CT molecular complexity index is 273. The van der Waals surface area contributed by atoms with Gasteiger partial charge < -0.3 is 15.7 Å². The fraction of sp³-hybridized carbons (Fsp3) is 0.778. The second kappa shape index (κ2) is 6.43. The SMILES string of the molecule is C[C@H](N)C(=O)N1CCCC1.O=C(O)C(F)(F)F. The fourth-order valence-electron chi connectivity index (χ4n) is 1.23. The van der Waals surface area contributed by atoms with Crippen molar-refractivity contribution in [1.82, 2.24) is 4.90 Å². The third kappa shape index (κ3) is 6.10. The number of amides is 1. The molecule has 0 aromatic rings. The molecule has 5 nitrogen and oxygen atoms in total. The van der Waals surface area contributed by atoms with Crippen molar-refractivity contribution >= 4 is 11.9 Å². The number of hydrogen-bond acceptors (Lipinski definition) is 3. The van der Waals surface area contributed by atoms with Crippen LogP contribution in [-0.4, -0.2) is 47.2 Å². The van der Waals surface area contributed by atoms with Gasteiger partial charge in [0.15, 0.2) is 0 Å². The van der Waals surface area contributed by atoms with Gasteiger partial charge in [-0.05, 0) is 19.8 Å². The van der Waals surface area contributed by atoms with Crippen LogP contribution in [-0.2, 0) is 9.59 Å². The van der Waals surface area contributed by atoms with Crippen LogP contribution in [0.1, 0.15) is 19.8 Å². The molecule has 1 saturated heterocycles. The highest BCUT2D eigenvalue weighted by Gasteiger charge is 2.38. The lowest BCUT2D eigenvalue weighted by atomic mass is 10.3. The van der Waals surface area contributed by atoms with E-state index in [9.17, 15) is 18.0 Å². The molecule has 8 heteroatoms. The number of rotatable bonds is 1. The lowest BCUT2D eigenvalue weighted by molar-refractivity contribution is -0.192. The fourth-order valence-corrected chi connectivity index (χ4v) is 1.23. The topological polar surface area (TPSA) is 83.6 Å². The first-order valence-corrected chi connectivity index (χ1v) is 5.00. The maximum atomic E-state index is 11.1. The van der Waals surface area contributed by atoms with Crippen LogP contribution in [0.5, 0.6) is 0 Å². The van der Waals surface area contributed by atoms with Crippen molar-refractivity contribution in [2.75, 3.05) is 13.1 Å². The quantitative estimate of drug-likeness (QED) is 0.719. The van der Waals surface area contributed by atoms with Crippen LogP contribution in [0.2, 0.25) is 0 Å². The van der Waals surface area contributed by atoms with E-state index < -0.39 is 12.1 Å². The normalized spacial score (nSPS) is 17.1. The Morgan fingerprint density at radius 1 is 1.29 bits per heavy atom. The Labute approximate surface area is 96.4 Å². The molecule has 3 N–H and O–H groups in total. The Morgan fingerprint density at radius 2 is 1.65 bits per heavy atom. The molecule has 1 amide bonds. The number of carboxylic acid groups (broad SMARTS) is 1. The Kier molecular flexibility index (Phi) is 5.94. The van der Waals surface area contributed by atoms with Crippen LogP contribution in [0, 0.1) is 0 Å². The molecule has 0 saturated carbocycles. The first-order chi connectivity index (χ1) is 7.66. The van der Waals surface area contributed by atoms with Crippen LogP contribution in [0.25, 0.3) is 0 Å². The maximum absolute atomic E-state index is 11.1. The van der Waals surface area contributed by atoms with Crippen LogP contribution in [0.4, 0.5) is 13.2 Å². The first-order valence-electron chi connectivity index (χ1n) is 5.00. The minimum atomic E-state index is -5.08. The second-order valence-electron chi connectivity index (χ2n) is 3.62. The number of carboxylic acids is 1. The smallest absolute Gasteiger partial charge is 0.475 e. The summed E-state index contributed by atoms with van der Waals surface area (Å²) in [5.41, 5.74) is 5.42. The number of alkyl halides is 3. The monoisotopic (exact) mass is 256 g/mol. The zero-order valence-electron chi connectivity index (χ0n) is 9.33. The average molecular weight is 256 g/mol. The molecule has 0 aliphatic carbocycles. The van der Waals surface area contributed by atoms with Crippen molar-refractivity contribution in [3.63, 3.8) is 0 Å². The highest BCUT2D eigenvalue weighted by atomic mass is 19.4. The van der Waals surface area contributed by atoms with Crippen LogP contribution >= 0.6 is 0 Å². The van der Waals surface area contributed by atoms with Gasteiger partial charge in [-0.3, -0.25) is 4.79 Å². The Balaban J connectivity index is 0.000000325. The molecule has 1 fully saturated rings. The van der Waals surface area contributed by atoms with Gasteiger partial charge in [-0.25, -0.2) is 4.79 Å². The number of likely N-dealkylation sites (tertiary alicyclic amines) is 1. The van der Waals surface area contributed by atoms with E-state index in [1.165, 1.54) is 0 Å². The number of aliphatic carboxylic acids is 1. The number of hydrogen-bond donors (Lipinski definition) is 2. The third-order valence-electron chi connectivity index (χ3n) is 2.05. The third-order valence-corrected chi connectivity index (χ3v) is 2.05. The van der Waals surface area contributed by atoms with Gasteiger partial charge in [0, 0.05) is 13.1 Å². The van der Waals surface area contributed by atoms with Gasteiger partial charge in [0.05, 0.1) is 6.04 Å². The van der Waals surface area contributed by atoms with E-state index in [0.717, 1.165) is 25.9 Å². The Hall–Kier alpha value is -1.31. The summed E-state index contributed by atoms with van der Waals surface area (Å²) in [6, 6.07) is -0.321. The minimum Gasteiger partial charge on any atom is -0.475 e. The van der Waals surface area contributed by atoms with Gasteiger partial charge in [0.1, 0.15) is 0 Å². The number of carbonyl (C=O) groups excluding carboxylic acids is 1. The lowest BCUT2D eigenvalue weighted by Crippen LogP contribution is -2.40. The molecule has 0 aromatic carbocycles. The van der Waals surface area contributed by atoms with E-state index >= 15 is 0 Å². The molecule has 1 aliphatic heterocycles. The van der Waals surface area contributed by atoms with Crippen LogP contribution in [0.3, 0.4) is 0 Å². The van der Waals surface area contributed by atoms with E-state index in [-0.39, 0.29) is 11.9 Å². The zero-order valence-corrected chi connectivity index (χ0v) is 9.33. The second-order valence-corrected chi connectivity index (χ2v) is 3.62. The standard InChI is InChI=1S/C7H14N2O.C2HF3O2/c1-6(8)7(10)9-4-2-3-5-9;3-2(4,5)1(6)7/h6H,2-5,8H2,1H3;(H,6,7)/t6-;/m0./s1. The van der Waals surface area contributed by atoms with E-state index in [1.54, 1.807) is 6.92 Å². The average Bonchev–Trinajstić information content (AvgIpc) is 2.68. The molecule has 0 spiro atoms. The van der Waals surface area contributed by atoms with Crippen molar-refractivity contribution in [2.24, 2.45) is 5.73 Å². The molecular weight excluding hydrogens is 241 g/mol. The summed E-state index contributed by atoms with van der Waals surface area (Å²) >= 11 is 0. The molecular formula is C9H15F3N2O3. The van der Waals surface area contributed by atoms with Crippen molar-refractivity contribution < 1.29 is 27.9 Å². The molecule has 0 bridgehead atoms. The van der Waals surface area contributed by atoms with Gasteiger partial charge in [0.25, 0.3) is 0 Å². The molecule has 1 atom stereocenters. The zero-order chi connectivity index (χ0) is 13.6. The lowest BCUT2D eigenvalue weighted by Gasteiger charge is -2.16. The first kappa shape index (κ1) is 15.7. The molecule has 1 rings (SSSR count). The van der Waals surface area contributed by atoms with Gasteiger partial charge >= 0.3 is 12.1 Å². The molecule has 0 aromatic heterocycles. The summed E-state index contributed by atoms with van der Waals surface area (Å²) in [6.07, 6.45) is -2.81. The molecule has 1 aliphatic rings. The van der Waals surface area contributed by atoms with E-state index in [2.05, 4.69) is 0 Å². The minimum absolute atomic E-state index is 0.0949. The summed E-state index contributed by atoms with van der Waals surface area (Å²) in [7, 11) is 0. The summed E-state index contributed by atoms with van der Waals surface area (Å²) in [4.78, 5) is 21.9.